The number of ketones is 1. The molecule has 6 heteroatoms. The van der Waals surface area contributed by atoms with E-state index in [9.17, 15) is 13.2 Å². The van der Waals surface area contributed by atoms with Crippen molar-refractivity contribution in [2.75, 3.05) is 0 Å². The Morgan fingerprint density at radius 1 is 1.17 bits per heavy atom. The quantitative estimate of drug-likeness (QED) is 0.923. The fraction of sp³-hybridized carbons (Fsp3) is 0.417. The maximum absolute atomic E-state index is 12.2. The number of sulfonamides is 1. The molecule has 0 unspecified atom stereocenters. The van der Waals surface area contributed by atoms with Crippen LogP contribution in [0.4, 0.5) is 0 Å². The number of hydrogen-bond acceptors (Lipinski definition) is 3. The third-order valence-electron chi connectivity index (χ3n) is 2.99. The van der Waals surface area contributed by atoms with Crippen molar-refractivity contribution in [1.29, 1.82) is 0 Å². The summed E-state index contributed by atoms with van der Waals surface area (Å²) in [5.41, 5.74) is 0. The van der Waals surface area contributed by atoms with Crippen LogP contribution in [0.25, 0.3) is 0 Å². The minimum Gasteiger partial charge on any atom is -0.300 e. The lowest BCUT2D eigenvalue weighted by atomic mass is 9.95. The van der Waals surface area contributed by atoms with Gasteiger partial charge < -0.3 is 0 Å². The number of nitrogens with one attached hydrogen (secondary N) is 1. The van der Waals surface area contributed by atoms with E-state index >= 15 is 0 Å². The van der Waals surface area contributed by atoms with Gasteiger partial charge >= 0.3 is 0 Å². The van der Waals surface area contributed by atoms with Gasteiger partial charge in [-0.3, -0.25) is 4.79 Å². The third-order valence-corrected chi connectivity index (χ3v) is 5.52. The normalized spacial score (nSPS) is 17.9. The zero-order valence-electron chi connectivity index (χ0n) is 9.73. The summed E-state index contributed by atoms with van der Waals surface area (Å²) < 4.78 is 27.6. The summed E-state index contributed by atoms with van der Waals surface area (Å²) in [6.07, 6.45) is 2.09. The van der Waals surface area contributed by atoms with Gasteiger partial charge in [0.2, 0.25) is 10.0 Å². The molecule has 1 saturated carbocycles. The van der Waals surface area contributed by atoms with Gasteiger partial charge in [0.15, 0.2) is 0 Å². The Morgan fingerprint density at radius 2 is 1.78 bits per heavy atom. The SMILES string of the molecule is O=C1CCC(NS(=O)(=O)c2ccccc2Br)CC1. The van der Waals surface area contributed by atoms with Crippen LogP contribution in [-0.2, 0) is 14.8 Å². The lowest BCUT2D eigenvalue weighted by Crippen LogP contribution is -2.37. The standard InChI is InChI=1S/C12H14BrNO3S/c13-11-3-1-2-4-12(11)18(16,17)14-9-5-7-10(15)8-6-9/h1-4,9,14H,5-8H2. The minimum atomic E-state index is -3.52. The molecule has 1 aliphatic rings. The second-order valence-corrected chi connectivity index (χ2v) is 6.90. The molecular weight excluding hydrogens is 318 g/mol. The highest BCUT2D eigenvalue weighted by Crippen LogP contribution is 2.23. The van der Waals surface area contributed by atoms with Crippen LogP contribution in [-0.4, -0.2) is 20.2 Å². The first kappa shape index (κ1) is 13.7. The Balaban J connectivity index is 2.13. The topological polar surface area (TPSA) is 63.2 Å². The molecule has 0 amide bonds. The van der Waals surface area contributed by atoms with Crippen molar-refractivity contribution < 1.29 is 13.2 Å². The number of halogens is 1. The molecule has 0 aromatic heterocycles. The zero-order valence-corrected chi connectivity index (χ0v) is 12.1. The molecule has 4 nitrogen and oxygen atoms in total. The van der Waals surface area contributed by atoms with Crippen molar-refractivity contribution in [3.63, 3.8) is 0 Å². The summed E-state index contributed by atoms with van der Waals surface area (Å²) in [4.78, 5) is 11.4. The van der Waals surface area contributed by atoms with Crippen LogP contribution in [0.15, 0.2) is 33.6 Å². The number of carbonyl (C=O) groups is 1. The number of benzene rings is 1. The van der Waals surface area contributed by atoms with Crippen molar-refractivity contribution in [2.24, 2.45) is 0 Å². The van der Waals surface area contributed by atoms with Crippen LogP contribution in [0.1, 0.15) is 25.7 Å². The van der Waals surface area contributed by atoms with Gasteiger partial charge in [-0.05, 0) is 40.9 Å². The monoisotopic (exact) mass is 331 g/mol. The van der Waals surface area contributed by atoms with E-state index in [0.29, 0.717) is 30.2 Å². The first-order valence-electron chi connectivity index (χ1n) is 5.77. The maximum atomic E-state index is 12.2. The number of hydrogen-bond donors (Lipinski definition) is 1. The summed E-state index contributed by atoms with van der Waals surface area (Å²) in [6.45, 7) is 0. The van der Waals surface area contributed by atoms with E-state index in [4.69, 9.17) is 0 Å². The maximum Gasteiger partial charge on any atom is 0.241 e. The summed E-state index contributed by atoms with van der Waals surface area (Å²) in [6, 6.07) is 6.56. The number of Topliss-reactive ketones (excluding diaryl/α,β-unsaturated/α-hetero) is 1. The Morgan fingerprint density at radius 3 is 2.39 bits per heavy atom. The van der Waals surface area contributed by atoms with E-state index in [2.05, 4.69) is 20.7 Å². The van der Waals surface area contributed by atoms with Crippen LogP contribution >= 0.6 is 15.9 Å². The fourth-order valence-corrected chi connectivity index (χ4v) is 4.31. The summed E-state index contributed by atoms with van der Waals surface area (Å²) in [7, 11) is -3.52. The Labute approximate surface area is 115 Å². The summed E-state index contributed by atoms with van der Waals surface area (Å²) in [5, 5.41) is 0. The Kier molecular flexibility index (Phi) is 4.19. The molecule has 0 atom stereocenters. The fourth-order valence-electron chi connectivity index (χ4n) is 2.00. The molecule has 1 N–H and O–H groups in total. The molecule has 0 heterocycles. The van der Waals surface area contributed by atoms with Crippen molar-refractivity contribution in [3.05, 3.63) is 28.7 Å². The van der Waals surface area contributed by atoms with E-state index in [-0.39, 0.29) is 16.7 Å². The highest BCUT2D eigenvalue weighted by atomic mass is 79.9. The molecule has 0 radical (unpaired) electrons. The second-order valence-electron chi connectivity index (χ2n) is 4.36. The van der Waals surface area contributed by atoms with Gasteiger partial charge in [0, 0.05) is 23.4 Å². The van der Waals surface area contributed by atoms with E-state index in [0.717, 1.165) is 0 Å². The molecule has 1 aromatic carbocycles. The molecule has 0 aliphatic heterocycles. The van der Waals surface area contributed by atoms with Crippen LogP contribution < -0.4 is 4.72 Å². The Bertz CT molecular complexity index is 546. The van der Waals surface area contributed by atoms with Gasteiger partial charge in [0.05, 0.1) is 4.90 Å². The highest BCUT2D eigenvalue weighted by molar-refractivity contribution is 9.10. The molecule has 2 rings (SSSR count). The van der Waals surface area contributed by atoms with Gasteiger partial charge in [-0.25, -0.2) is 13.1 Å². The predicted molar refractivity (Wildman–Crippen MR) is 71.7 cm³/mol. The largest absolute Gasteiger partial charge is 0.300 e. The zero-order chi connectivity index (χ0) is 13.2. The van der Waals surface area contributed by atoms with Gasteiger partial charge in [-0.1, -0.05) is 12.1 Å². The molecule has 0 spiro atoms. The predicted octanol–water partition coefficient (Wildman–Crippen LogP) is 2.24. The molecule has 1 fully saturated rings. The molecule has 0 saturated heterocycles. The summed E-state index contributed by atoms with van der Waals surface area (Å²) >= 11 is 3.23. The molecule has 18 heavy (non-hydrogen) atoms. The molecular formula is C12H14BrNO3S. The van der Waals surface area contributed by atoms with Gasteiger partial charge in [-0.2, -0.15) is 0 Å². The van der Waals surface area contributed by atoms with Crippen molar-refractivity contribution in [2.45, 2.75) is 36.6 Å². The van der Waals surface area contributed by atoms with E-state index in [1.54, 1.807) is 24.3 Å². The number of rotatable bonds is 3. The van der Waals surface area contributed by atoms with Gasteiger partial charge in [-0.15, -0.1) is 0 Å². The van der Waals surface area contributed by atoms with E-state index in [1.807, 2.05) is 0 Å². The lowest BCUT2D eigenvalue weighted by Gasteiger charge is -2.22. The van der Waals surface area contributed by atoms with Crippen LogP contribution in [0.5, 0.6) is 0 Å². The van der Waals surface area contributed by atoms with Crippen molar-refractivity contribution in [1.82, 2.24) is 4.72 Å². The van der Waals surface area contributed by atoms with Gasteiger partial charge in [0.1, 0.15) is 5.78 Å². The van der Waals surface area contributed by atoms with E-state index < -0.39 is 10.0 Å². The molecule has 0 bridgehead atoms. The molecule has 98 valence electrons. The van der Waals surface area contributed by atoms with Crippen LogP contribution in [0.3, 0.4) is 0 Å². The third kappa shape index (κ3) is 3.18. The average Bonchev–Trinajstić information content (AvgIpc) is 2.32. The minimum absolute atomic E-state index is 0.139. The smallest absolute Gasteiger partial charge is 0.241 e. The average molecular weight is 332 g/mol. The lowest BCUT2D eigenvalue weighted by molar-refractivity contribution is -0.120. The number of carbonyl (C=O) groups excluding carboxylic acids is 1. The second kappa shape index (κ2) is 5.50. The highest BCUT2D eigenvalue weighted by Gasteiger charge is 2.25. The van der Waals surface area contributed by atoms with Crippen molar-refractivity contribution in [3.8, 4) is 0 Å². The first-order valence-corrected chi connectivity index (χ1v) is 8.05. The first-order chi connectivity index (χ1) is 8.49. The van der Waals surface area contributed by atoms with Crippen LogP contribution in [0, 0.1) is 0 Å². The van der Waals surface area contributed by atoms with Gasteiger partial charge in [0.25, 0.3) is 0 Å². The van der Waals surface area contributed by atoms with Crippen LogP contribution in [0.2, 0.25) is 0 Å². The molecule has 1 aliphatic carbocycles. The molecule has 1 aromatic rings. The Hall–Kier alpha value is -0.720. The van der Waals surface area contributed by atoms with E-state index in [1.165, 1.54) is 0 Å². The van der Waals surface area contributed by atoms with Crippen molar-refractivity contribution >= 4 is 31.7 Å². The summed E-state index contributed by atoms with van der Waals surface area (Å²) in [5.74, 6) is 0.214.